The highest BCUT2D eigenvalue weighted by atomic mass is 16.6. The topological polar surface area (TPSA) is 82.3 Å². The smallest absolute Gasteiger partial charge is 0.347 e. The third kappa shape index (κ3) is 2.64. The summed E-state index contributed by atoms with van der Waals surface area (Å²) in [7, 11) is 0. The van der Waals surface area contributed by atoms with Crippen molar-refractivity contribution in [2.75, 3.05) is 6.54 Å². The molecule has 1 aromatic rings. The maximum Gasteiger partial charge on any atom is 0.347 e. The number of nitrogens with zero attached hydrogens (tertiary/aromatic N) is 1. The lowest BCUT2D eigenvalue weighted by Gasteiger charge is -1.99. The van der Waals surface area contributed by atoms with E-state index in [0.717, 1.165) is 0 Å². The minimum Gasteiger partial charge on any atom is -0.388 e. The van der Waals surface area contributed by atoms with Crippen molar-refractivity contribution < 1.29 is 14.3 Å². The largest absolute Gasteiger partial charge is 0.388 e. The molecule has 0 amide bonds. The summed E-state index contributed by atoms with van der Waals surface area (Å²) in [6.45, 7) is -0.313. The Hall–Kier alpha value is -1.75. The summed E-state index contributed by atoms with van der Waals surface area (Å²) in [5, 5.41) is 0. The van der Waals surface area contributed by atoms with E-state index in [9.17, 15) is 9.59 Å². The van der Waals surface area contributed by atoms with Crippen LogP contribution in [0.15, 0.2) is 24.5 Å². The minimum atomic E-state index is -0.756. The van der Waals surface area contributed by atoms with Crippen molar-refractivity contribution in [1.82, 2.24) is 4.98 Å². The van der Waals surface area contributed by atoms with Crippen LogP contribution in [0.3, 0.4) is 0 Å². The van der Waals surface area contributed by atoms with Crippen molar-refractivity contribution in [2.45, 2.75) is 0 Å². The standard InChI is InChI=1S/C8H8N2O3/c9-4-7(11)13-8(12)6-2-1-3-10-5-6/h1-3,5H,4,9H2. The number of hydrogen-bond acceptors (Lipinski definition) is 5. The van der Waals surface area contributed by atoms with Crippen molar-refractivity contribution in [2.24, 2.45) is 5.73 Å². The molecular formula is C8H8N2O3. The molecule has 13 heavy (non-hydrogen) atoms. The maximum absolute atomic E-state index is 11.1. The van der Waals surface area contributed by atoms with Crippen LogP contribution >= 0.6 is 0 Å². The number of aromatic nitrogens is 1. The fraction of sp³-hybridized carbons (Fsp3) is 0.125. The molecule has 0 saturated heterocycles. The molecule has 1 rings (SSSR count). The third-order valence-electron chi connectivity index (χ3n) is 1.27. The van der Waals surface area contributed by atoms with Gasteiger partial charge in [-0.05, 0) is 12.1 Å². The molecular weight excluding hydrogens is 172 g/mol. The van der Waals surface area contributed by atoms with Gasteiger partial charge in [-0.3, -0.25) is 9.78 Å². The Balaban J connectivity index is 2.65. The van der Waals surface area contributed by atoms with Crippen LogP contribution in [-0.4, -0.2) is 23.5 Å². The lowest BCUT2D eigenvalue weighted by Crippen LogP contribution is -2.20. The van der Waals surface area contributed by atoms with Crippen molar-refractivity contribution >= 4 is 11.9 Å². The van der Waals surface area contributed by atoms with E-state index in [4.69, 9.17) is 5.73 Å². The first-order chi connectivity index (χ1) is 6.24. The quantitative estimate of drug-likeness (QED) is 0.500. The predicted molar refractivity (Wildman–Crippen MR) is 43.7 cm³/mol. The van der Waals surface area contributed by atoms with Crippen LogP contribution in [0.1, 0.15) is 10.4 Å². The second-order valence-corrected chi connectivity index (χ2v) is 2.21. The molecule has 0 radical (unpaired) electrons. The Morgan fingerprint density at radius 1 is 1.54 bits per heavy atom. The SMILES string of the molecule is NCC(=O)OC(=O)c1cccnc1. The van der Waals surface area contributed by atoms with Crippen LogP contribution < -0.4 is 5.73 Å². The number of esters is 2. The molecule has 1 aromatic heterocycles. The second-order valence-electron chi connectivity index (χ2n) is 2.21. The van der Waals surface area contributed by atoms with Gasteiger partial charge in [-0.1, -0.05) is 0 Å². The molecule has 0 aliphatic rings. The van der Waals surface area contributed by atoms with Gasteiger partial charge >= 0.3 is 11.9 Å². The van der Waals surface area contributed by atoms with Gasteiger partial charge in [0, 0.05) is 12.4 Å². The van der Waals surface area contributed by atoms with Crippen molar-refractivity contribution in [3.8, 4) is 0 Å². The van der Waals surface area contributed by atoms with Gasteiger partial charge in [0.2, 0.25) is 0 Å². The molecule has 0 aromatic carbocycles. The van der Waals surface area contributed by atoms with Gasteiger partial charge in [0.1, 0.15) is 0 Å². The molecule has 1 heterocycles. The second kappa shape index (κ2) is 4.32. The lowest BCUT2D eigenvalue weighted by molar-refractivity contribution is -0.136. The number of ether oxygens (including phenoxy) is 1. The van der Waals surface area contributed by atoms with Gasteiger partial charge in [-0.2, -0.15) is 0 Å². The molecule has 0 aliphatic carbocycles. The van der Waals surface area contributed by atoms with Gasteiger partial charge in [0.15, 0.2) is 0 Å². The zero-order chi connectivity index (χ0) is 9.68. The maximum atomic E-state index is 11.1. The Bertz CT molecular complexity index is 310. The summed E-state index contributed by atoms with van der Waals surface area (Å²) in [5.41, 5.74) is 5.18. The van der Waals surface area contributed by atoms with E-state index in [1.54, 1.807) is 6.07 Å². The van der Waals surface area contributed by atoms with Gasteiger partial charge in [-0.15, -0.1) is 0 Å². The fourth-order valence-electron chi connectivity index (χ4n) is 0.687. The number of hydrogen-bond donors (Lipinski definition) is 1. The van der Waals surface area contributed by atoms with E-state index < -0.39 is 11.9 Å². The van der Waals surface area contributed by atoms with Crippen LogP contribution in [0.5, 0.6) is 0 Å². The molecule has 2 N–H and O–H groups in total. The summed E-state index contributed by atoms with van der Waals surface area (Å²) >= 11 is 0. The van der Waals surface area contributed by atoms with E-state index in [1.807, 2.05) is 0 Å². The number of pyridine rings is 1. The van der Waals surface area contributed by atoms with Crippen LogP contribution in [0, 0.1) is 0 Å². The lowest BCUT2D eigenvalue weighted by atomic mass is 10.3. The first kappa shape index (κ1) is 9.34. The summed E-state index contributed by atoms with van der Waals surface area (Å²) in [6.07, 6.45) is 2.83. The highest BCUT2D eigenvalue weighted by Gasteiger charge is 2.10. The summed E-state index contributed by atoms with van der Waals surface area (Å²) in [5.74, 6) is -1.49. The van der Waals surface area contributed by atoms with Crippen LogP contribution in [0.25, 0.3) is 0 Å². The number of carbonyl (C=O) groups is 2. The minimum absolute atomic E-state index is 0.226. The van der Waals surface area contributed by atoms with Crippen LogP contribution in [0.4, 0.5) is 0 Å². The van der Waals surface area contributed by atoms with Gasteiger partial charge in [0.25, 0.3) is 0 Å². The molecule has 0 aliphatic heterocycles. The van der Waals surface area contributed by atoms with Gasteiger partial charge in [-0.25, -0.2) is 4.79 Å². The Labute approximate surface area is 74.5 Å². The van der Waals surface area contributed by atoms with Crippen LogP contribution in [-0.2, 0) is 9.53 Å². The van der Waals surface area contributed by atoms with E-state index in [0.29, 0.717) is 0 Å². The zero-order valence-corrected chi connectivity index (χ0v) is 6.77. The number of rotatable bonds is 2. The first-order valence-corrected chi connectivity index (χ1v) is 3.59. The van der Waals surface area contributed by atoms with E-state index in [2.05, 4.69) is 9.72 Å². The zero-order valence-electron chi connectivity index (χ0n) is 6.77. The highest BCUT2D eigenvalue weighted by molar-refractivity contribution is 5.96. The highest BCUT2D eigenvalue weighted by Crippen LogP contribution is 1.98. The first-order valence-electron chi connectivity index (χ1n) is 3.59. The Morgan fingerprint density at radius 3 is 2.85 bits per heavy atom. The van der Waals surface area contributed by atoms with Crippen molar-refractivity contribution in [3.63, 3.8) is 0 Å². The van der Waals surface area contributed by atoms with Gasteiger partial charge in [0.05, 0.1) is 12.1 Å². The molecule has 0 bridgehead atoms. The Morgan fingerprint density at radius 2 is 2.31 bits per heavy atom. The molecule has 0 unspecified atom stereocenters. The third-order valence-corrected chi connectivity index (χ3v) is 1.27. The summed E-state index contributed by atoms with van der Waals surface area (Å²) in [6, 6.07) is 3.07. The van der Waals surface area contributed by atoms with Crippen molar-refractivity contribution in [3.05, 3.63) is 30.1 Å². The van der Waals surface area contributed by atoms with E-state index in [-0.39, 0.29) is 12.1 Å². The number of carbonyl (C=O) groups excluding carboxylic acids is 2. The molecule has 68 valence electrons. The molecule has 5 heteroatoms. The summed E-state index contributed by atoms with van der Waals surface area (Å²) < 4.78 is 4.34. The monoisotopic (exact) mass is 180 g/mol. The van der Waals surface area contributed by atoms with Crippen molar-refractivity contribution in [1.29, 1.82) is 0 Å². The predicted octanol–water partition coefficient (Wildman–Crippen LogP) is -0.276. The molecule has 0 atom stereocenters. The normalized spacial score (nSPS) is 9.31. The van der Waals surface area contributed by atoms with Gasteiger partial charge < -0.3 is 10.5 Å². The molecule has 0 fully saturated rings. The molecule has 0 spiro atoms. The number of nitrogens with two attached hydrogens (primary N) is 1. The van der Waals surface area contributed by atoms with E-state index >= 15 is 0 Å². The molecule has 0 saturated carbocycles. The van der Waals surface area contributed by atoms with E-state index in [1.165, 1.54) is 18.5 Å². The average Bonchev–Trinajstić information content (AvgIpc) is 2.19. The average molecular weight is 180 g/mol. The Kier molecular flexibility index (Phi) is 3.10. The molecule has 5 nitrogen and oxygen atoms in total. The summed E-state index contributed by atoms with van der Waals surface area (Å²) in [4.78, 5) is 25.4. The van der Waals surface area contributed by atoms with Crippen LogP contribution in [0.2, 0.25) is 0 Å². The fourth-order valence-corrected chi connectivity index (χ4v) is 0.687.